The van der Waals surface area contributed by atoms with E-state index in [0.29, 0.717) is 0 Å². The average molecular weight is 308 g/mol. The molecule has 0 radical (unpaired) electrons. The summed E-state index contributed by atoms with van der Waals surface area (Å²) in [7, 11) is 0. The van der Waals surface area contributed by atoms with Gasteiger partial charge in [0.2, 0.25) is 0 Å². The molecule has 1 aliphatic rings. The summed E-state index contributed by atoms with van der Waals surface area (Å²) in [5, 5.41) is 5.64. The van der Waals surface area contributed by atoms with E-state index in [1.54, 1.807) is 11.1 Å². The zero-order chi connectivity index (χ0) is 11.9. The van der Waals surface area contributed by atoms with E-state index >= 15 is 0 Å². The van der Waals surface area contributed by atoms with Crippen LogP contribution in [0.4, 0.5) is 0 Å². The van der Waals surface area contributed by atoms with E-state index in [2.05, 4.69) is 48.5 Å². The van der Waals surface area contributed by atoms with Crippen molar-refractivity contribution >= 4 is 56.3 Å². The van der Waals surface area contributed by atoms with Gasteiger partial charge in [0.15, 0.2) is 0 Å². The normalized spacial score (nSPS) is 12.2. The van der Waals surface area contributed by atoms with Crippen LogP contribution in [-0.4, -0.2) is 34.7 Å². The first kappa shape index (κ1) is 22.4. The zero-order valence-electron chi connectivity index (χ0n) is 21.6. The molecule has 0 spiro atoms. The Morgan fingerprint density at radius 2 is 1.32 bits per heavy atom. The quantitative estimate of drug-likeness (QED) is 0.370. The monoisotopic (exact) mass is 308 g/mol. The molecule has 0 saturated carbocycles. The second-order valence-electron chi connectivity index (χ2n) is 5.29. The molecule has 4 rings (SSSR count). The van der Waals surface area contributed by atoms with E-state index in [1.807, 2.05) is 0 Å². The third-order valence-electron chi connectivity index (χ3n) is 4.26. The molecule has 3 aromatic rings. The van der Waals surface area contributed by atoms with Crippen LogP contribution in [0.2, 0.25) is 0 Å². The van der Waals surface area contributed by atoms with Gasteiger partial charge >= 0.3 is 72.4 Å². The van der Waals surface area contributed by atoms with Gasteiger partial charge in [-0.1, -0.05) is 48.5 Å². The number of aryl methyl sites for hydroxylation is 2. The number of benzene rings is 3. The van der Waals surface area contributed by atoms with Crippen molar-refractivity contribution in [3.8, 4) is 0 Å². The summed E-state index contributed by atoms with van der Waals surface area (Å²) in [5.74, 6) is 0. The molecule has 0 unspecified atom stereocenters. The van der Waals surface area contributed by atoms with Crippen molar-refractivity contribution in [3.63, 3.8) is 0 Å². The Bertz CT molecular complexity index is 782. The molecule has 0 saturated heterocycles. The Morgan fingerprint density at radius 3 is 2.14 bits per heavy atom. The topological polar surface area (TPSA) is 0 Å². The summed E-state index contributed by atoms with van der Waals surface area (Å²) in [5.41, 5.74) is 3.17. The van der Waals surface area contributed by atoms with Crippen molar-refractivity contribution in [2.24, 2.45) is 0 Å². The molecule has 0 nitrogen and oxygen atoms in total. The maximum absolute atomic E-state index is 2.35. The molecule has 1 aliphatic carbocycles. The number of rotatable bonds is 0. The van der Waals surface area contributed by atoms with Gasteiger partial charge in [0, 0.05) is 0 Å². The Hall–Kier alpha value is 0.440. The van der Waals surface area contributed by atoms with Gasteiger partial charge in [0.05, 0.1) is 0 Å². The fourth-order valence-electron chi connectivity index (χ4n) is 3.34. The van der Waals surface area contributed by atoms with Gasteiger partial charge in [0.25, 0.3) is 0 Å². The number of fused-ring (bicyclic) bond motifs is 5. The largest absolute Gasteiger partial charge is 3.00 e. The van der Waals surface area contributed by atoms with E-state index in [4.69, 9.17) is 0 Å². The van der Waals surface area contributed by atoms with Crippen molar-refractivity contribution in [1.82, 2.24) is 0 Å². The van der Waals surface area contributed by atoms with Gasteiger partial charge in [-0.25, -0.2) is 0 Å². The van der Waals surface area contributed by atoms with E-state index in [-0.39, 0.29) is 83.9 Å². The standard InChI is InChI=1S/C18H16.2Al.2Li.8H/c1-3-7-15-13(5-1)9-11-18-16-8-4-2-6-14(16)10-12-17(15)18;;;;;;;;;;;;/h1,3,5,7,9-12H,2,4,6,8H2;;;;;;;;;;;;/q;2*+3;2*+1;8*-1. The predicted octanol–water partition coefficient (Wildman–Crippen LogP) is -0.982. The molecular formula is C18H24Al2Li2. The second-order valence-corrected chi connectivity index (χ2v) is 5.29. The van der Waals surface area contributed by atoms with Crippen molar-refractivity contribution in [3.05, 3.63) is 59.7 Å². The number of hydrogen-bond acceptors (Lipinski definition) is 0. The minimum absolute atomic E-state index is 0. The molecule has 4 heteroatoms. The van der Waals surface area contributed by atoms with E-state index in [0.717, 1.165) is 0 Å². The van der Waals surface area contributed by atoms with Gasteiger partial charge in [-0.15, -0.1) is 0 Å². The maximum Gasteiger partial charge on any atom is 3.00 e. The number of hydrogen-bond donors (Lipinski definition) is 0. The van der Waals surface area contributed by atoms with Crippen molar-refractivity contribution < 1.29 is 49.1 Å². The molecule has 22 heavy (non-hydrogen) atoms. The van der Waals surface area contributed by atoms with Crippen molar-refractivity contribution in [2.75, 3.05) is 0 Å². The summed E-state index contributed by atoms with van der Waals surface area (Å²) in [6, 6.07) is 18.0. The van der Waals surface area contributed by atoms with Gasteiger partial charge in [-0.05, 0) is 58.4 Å². The molecular weight excluding hydrogens is 284 g/mol. The molecule has 0 bridgehead atoms. The van der Waals surface area contributed by atoms with Gasteiger partial charge in [-0.3, -0.25) is 0 Å². The summed E-state index contributed by atoms with van der Waals surface area (Å²) >= 11 is 0. The molecule has 0 atom stereocenters. The van der Waals surface area contributed by atoms with Crippen LogP contribution in [0.3, 0.4) is 0 Å². The van der Waals surface area contributed by atoms with Crippen LogP contribution in [0, 0.1) is 0 Å². The Balaban J connectivity index is -0.0000000525. The first-order valence-corrected chi connectivity index (χ1v) is 6.86. The summed E-state index contributed by atoms with van der Waals surface area (Å²) < 4.78 is 0. The van der Waals surface area contributed by atoms with Crippen LogP contribution in [0.5, 0.6) is 0 Å². The Morgan fingerprint density at radius 1 is 0.636 bits per heavy atom. The molecule has 0 aliphatic heterocycles. The maximum atomic E-state index is 2.35. The SMILES string of the molecule is [Al+3].[Al+3].[H-].[H-].[H-].[H-].[H-].[H-].[H-].[H-].[Li+].[Li+].c1ccc2c(c1)ccc1c3c(ccc12)CCCC3. The molecule has 0 aromatic heterocycles. The Kier molecular flexibility index (Phi) is 9.86. The molecule has 3 aromatic carbocycles. The summed E-state index contributed by atoms with van der Waals surface area (Å²) in [6.07, 6.45) is 5.22. The zero-order valence-corrected chi connectivity index (χ0v) is 15.9. The first-order chi connectivity index (χ1) is 8.93. The van der Waals surface area contributed by atoms with Crippen LogP contribution >= 0.6 is 0 Å². The smallest absolute Gasteiger partial charge is 1.00 e. The summed E-state index contributed by atoms with van der Waals surface area (Å²) in [4.78, 5) is 0. The molecule has 104 valence electrons. The van der Waals surface area contributed by atoms with Crippen LogP contribution < -0.4 is 37.7 Å². The minimum Gasteiger partial charge on any atom is -1.00 e. The molecule has 0 amide bonds. The first-order valence-electron chi connectivity index (χ1n) is 6.86. The van der Waals surface area contributed by atoms with Gasteiger partial charge in [0.1, 0.15) is 0 Å². The van der Waals surface area contributed by atoms with Crippen molar-refractivity contribution in [1.29, 1.82) is 0 Å². The van der Waals surface area contributed by atoms with Gasteiger partial charge in [-0.2, -0.15) is 0 Å². The molecule has 0 fully saturated rings. The third kappa shape index (κ3) is 3.91. The van der Waals surface area contributed by atoms with E-state index in [1.165, 1.54) is 47.2 Å². The van der Waals surface area contributed by atoms with Gasteiger partial charge < -0.3 is 11.4 Å². The Labute approximate surface area is 189 Å². The minimum atomic E-state index is 0. The van der Waals surface area contributed by atoms with Crippen molar-refractivity contribution in [2.45, 2.75) is 25.7 Å². The fraction of sp³-hybridized carbons (Fsp3) is 0.222. The average Bonchev–Trinajstić information content (AvgIpc) is 2.46. The van der Waals surface area contributed by atoms with E-state index < -0.39 is 0 Å². The third-order valence-corrected chi connectivity index (χ3v) is 4.26. The molecule has 0 heterocycles. The van der Waals surface area contributed by atoms with Crippen LogP contribution in [0.15, 0.2) is 48.5 Å². The predicted molar refractivity (Wildman–Crippen MR) is 98.5 cm³/mol. The van der Waals surface area contributed by atoms with Crippen LogP contribution in [0.25, 0.3) is 21.5 Å². The summed E-state index contributed by atoms with van der Waals surface area (Å²) in [6.45, 7) is 0. The van der Waals surface area contributed by atoms with E-state index in [9.17, 15) is 0 Å². The van der Waals surface area contributed by atoms with Crippen LogP contribution in [0.1, 0.15) is 35.4 Å². The molecule has 0 N–H and O–H groups in total. The van der Waals surface area contributed by atoms with Crippen LogP contribution in [-0.2, 0) is 12.8 Å². The second kappa shape index (κ2) is 9.67. The fourth-order valence-corrected chi connectivity index (χ4v) is 3.34.